The predicted molar refractivity (Wildman–Crippen MR) is 358 cm³/mol. The lowest BCUT2D eigenvalue weighted by Gasteiger charge is -2.41. The molecule has 4 rings (SSSR count). The summed E-state index contributed by atoms with van der Waals surface area (Å²) >= 11 is 0. The minimum Gasteiger partial charge on any atom is -0.445 e. The number of aliphatic hydroxyl groups excluding tert-OH is 1. The molecule has 2 aliphatic rings. The molecule has 1 saturated heterocycles. The molecular weight excluding hydrogens is 1210 g/mol. The number of amides is 11. The van der Waals surface area contributed by atoms with Crippen LogP contribution in [0.3, 0.4) is 0 Å². The number of nitrogens with zero attached hydrogens (tertiary/aromatic N) is 4. The topological polar surface area (TPSA) is 330 Å². The van der Waals surface area contributed by atoms with E-state index in [1.807, 2.05) is 66.7 Å². The Morgan fingerprint density at radius 1 is 0.713 bits per heavy atom. The number of urea groups is 1. The fourth-order valence-electron chi connectivity index (χ4n) is 12.4. The van der Waals surface area contributed by atoms with Gasteiger partial charge in [-0.3, -0.25) is 48.2 Å². The molecule has 94 heavy (non-hydrogen) atoms. The van der Waals surface area contributed by atoms with Gasteiger partial charge in [0.1, 0.15) is 24.7 Å². The van der Waals surface area contributed by atoms with Crippen molar-refractivity contribution < 1.29 is 67.3 Å². The number of nitrogens with two attached hydrogens (primary N) is 1. The second-order valence-corrected chi connectivity index (χ2v) is 26.3. The molecule has 0 radical (unpaired) electrons. The summed E-state index contributed by atoms with van der Waals surface area (Å²) in [5.41, 5.74) is 6.89. The van der Waals surface area contributed by atoms with Crippen LogP contribution in [0, 0.1) is 29.6 Å². The van der Waals surface area contributed by atoms with E-state index in [1.165, 1.54) is 43.2 Å². The standard InChI is InChI=1S/C69H109N11O14/c1-16-44(8)60(53(92-14)39-56(83)79-38-24-29-52(79)62(93-15)46(10)63(85)73-47(11)61(84)49-26-20-17-21-27-49)77(12)67(89)58(42(4)5)76-66(88)59(43(6)7)78(13)69(91)94-40-48-30-32-50(33-31-48)74-64(86)51(28-23-36-71-68(70)90)75-65(87)57(41(2)3)72-45(9)25-19-18-22-37-80-54(81)34-35-55(80)82/h17,20-21,26-27,30-35,41-47,51-53,57-62,72,84H,16,18-19,22-25,28-29,36-40H2,1-15H3,(H,73,85)(H,74,86)(H,75,87)(H,76,88)(H3,70,71,90)/t44-,45-,46+,47+,51-,52-,53+,57-,58-,59-,60-,61+,62+/m0/s1. The minimum absolute atomic E-state index is 0.0764. The van der Waals surface area contributed by atoms with Gasteiger partial charge in [-0.05, 0) is 99.3 Å². The van der Waals surface area contributed by atoms with Gasteiger partial charge >= 0.3 is 12.1 Å². The highest BCUT2D eigenvalue weighted by Crippen LogP contribution is 2.31. The summed E-state index contributed by atoms with van der Waals surface area (Å²) in [5, 5.41) is 28.5. The van der Waals surface area contributed by atoms with Crippen LogP contribution in [0.5, 0.6) is 0 Å². The van der Waals surface area contributed by atoms with Crippen LogP contribution in [0.25, 0.3) is 0 Å². The molecule has 1 fully saturated rings. The molecule has 0 aliphatic carbocycles. The number of nitrogens with one attached hydrogen (secondary N) is 6. The molecule has 0 spiro atoms. The minimum atomic E-state index is -1.07. The Labute approximate surface area is 556 Å². The van der Waals surface area contributed by atoms with Crippen molar-refractivity contribution in [3.05, 3.63) is 77.9 Å². The van der Waals surface area contributed by atoms with E-state index in [2.05, 4.69) is 31.9 Å². The molecule has 25 heteroatoms. The first kappa shape index (κ1) is 79.0. The van der Waals surface area contributed by atoms with Gasteiger partial charge in [-0.15, -0.1) is 0 Å². The number of carbonyl (C=O) groups excluding carboxylic acids is 10. The zero-order valence-corrected chi connectivity index (χ0v) is 58.1. The van der Waals surface area contributed by atoms with Crippen LogP contribution >= 0.6 is 0 Å². The maximum atomic E-state index is 14.8. The van der Waals surface area contributed by atoms with E-state index in [1.54, 1.807) is 80.9 Å². The maximum Gasteiger partial charge on any atom is 0.410 e. The van der Waals surface area contributed by atoms with Crippen molar-refractivity contribution >= 4 is 65.1 Å². The first-order valence-electron chi connectivity index (χ1n) is 33.4. The molecule has 0 unspecified atom stereocenters. The summed E-state index contributed by atoms with van der Waals surface area (Å²) < 4.78 is 17.8. The number of methoxy groups -OCH3 is 2. The zero-order chi connectivity index (χ0) is 70.1. The van der Waals surface area contributed by atoms with Crippen LogP contribution in [-0.4, -0.2) is 193 Å². The maximum absolute atomic E-state index is 14.8. The molecule has 9 N–H and O–H groups in total. The number of aliphatic hydroxyl groups is 1. The molecule has 0 bridgehead atoms. The van der Waals surface area contributed by atoms with Gasteiger partial charge in [0.25, 0.3) is 11.8 Å². The van der Waals surface area contributed by atoms with Crippen molar-refractivity contribution in [2.45, 2.75) is 214 Å². The highest BCUT2D eigenvalue weighted by Gasteiger charge is 2.44. The van der Waals surface area contributed by atoms with Crippen molar-refractivity contribution in [3.63, 3.8) is 0 Å². The number of primary amides is 1. The molecule has 2 aromatic rings. The third kappa shape index (κ3) is 23.2. The van der Waals surface area contributed by atoms with Gasteiger partial charge in [0, 0.05) is 71.8 Å². The summed E-state index contributed by atoms with van der Waals surface area (Å²) in [7, 11) is 6.12. The van der Waals surface area contributed by atoms with Crippen LogP contribution in [0.4, 0.5) is 15.3 Å². The normalized spacial score (nSPS) is 17.8. The third-order valence-corrected chi connectivity index (χ3v) is 18.1. The number of carbonyl (C=O) groups is 10. The molecule has 2 aliphatic heterocycles. The number of unbranched alkanes of at least 4 members (excludes halogenated alkanes) is 2. The molecular formula is C69H109N11O14. The fourth-order valence-corrected chi connectivity index (χ4v) is 12.4. The number of hydrogen-bond acceptors (Lipinski definition) is 15. The predicted octanol–water partition coefficient (Wildman–Crippen LogP) is 5.94. The van der Waals surface area contributed by atoms with Gasteiger partial charge < -0.3 is 66.8 Å². The summed E-state index contributed by atoms with van der Waals surface area (Å²) in [4.78, 5) is 140. The van der Waals surface area contributed by atoms with E-state index in [9.17, 15) is 53.1 Å². The van der Waals surface area contributed by atoms with Crippen LogP contribution in [0.15, 0.2) is 66.7 Å². The fraction of sp³-hybridized carbons (Fsp3) is 0.652. The van der Waals surface area contributed by atoms with Crippen molar-refractivity contribution in [2.75, 3.05) is 53.3 Å². The molecule has 25 nitrogen and oxygen atoms in total. The van der Waals surface area contributed by atoms with Gasteiger partial charge in [0.15, 0.2) is 0 Å². The lowest BCUT2D eigenvalue weighted by molar-refractivity contribution is -0.148. The second-order valence-electron chi connectivity index (χ2n) is 26.3. The van der Waals surface area contributed by atoms with Gasteiger partial charge in [-0.1, -0.05) is 124 Å². The van der Waals surface area contributed by atoms with Gasteiger partial charge in [-0.2, -0.15) is 0 Å². The van der Waals surface area contributed by atoms with E-state index >= 15 is 0 Å². The van der Waals surface area contributed by atoms with Crippen molar-refractivity contribution in [1.29, 1.82) is 0 Å². The highest BCUT2D eigenvalue weighted by molar-refractivity contribution is 6.12. The summed E-state index contributed by atoms with van der Waals surface area (Å²) in [6.07, 6.45) is 4.63. The van der Waals surface area contributed by atoms with Crippen molar-refractivity contribution in [3.8, 4) is 0 Å². The Morgan fingerprint density at radius 3 is 1.93 bits per heavy atom. The molecule has 0 aromatic heterocycles. The van der Waals surface area contributed by atoms with Crippen LogP contribution in [-0.2, 0) is 59.2 Å². The van der Waals surface area contributed by atoms with E-state index in [0.29, 0.717) is 62.0 Å². The SMILES string of the molecule is CC[C@H](C)[C@@H]([C@@H](CC(=O)N1CCC[C@H]1[C@H](OC)[C@@H](C)C(=O)N[C@H](C)[C@@H](O)c1ccccc1)OC)N(C)C(=O)[C@@H](NC(=O)[C@H](C(C)C)N(C)C(=O)OCc1ccc(NC(=O)[C@H](CCCNC(N)=O)NC(=O)[C@@H](N[C@@H](C)CCCCCN2C(=O)C=CC2=O)C(C)C)cc1)C(C)C. The first-order chi connectivity index (χ1) is 44.5. The Morgan fingerprint density at radius 2 is 1.35 bits per heavy atom. The number of hydrogen-bond donors (Lipinski definition) is 8. The monoisotopic (exact) mass is 1320 g/mol. The summed E-state index contributed by atoms with van der Waals surface area (Å²) in [6, 6.07) is 9.39. The first-order valence-corrected chi connectivity index (χ1v) is 33.4. The van der Waals surface area contributed by atoms with Gasteiger partial charge in [0.05, 0.1) is 54.8 Å². The number of benzene rings is 2. The van der Waals surface area contributed by atoms with E-state index < -0.39 is 108 Å². The van der Waals surface area contributed by atoms with Crippen molar-refractivity contribution in [1.82, 2.24) is 46.2 Å². The Kier molecular flexibility index (Phi) is 32.6. The highest BCUT2D eigenvalue weighted by atomic mass is 16.6. The molecule has 2 aromatic carbocycles. The van der Waals surface area contributed by atoms with E-state index in [4.69, 9.17) is 19.9 Å². The van der Waals surface area contributed by atoms with E-state index in [-0.39, 0.29) is 73.4 Å². The van der Waals surface area contributed by atoms with Crippen LogP contribution < -0.4 is 37.6 Å². The molecule has 2 heterocycles. The van der Waals surface area contributed by atoms with Gasteiger partial charge in [0.2, 0.25) is 35.4 Å². The Balaban J connectivity index is 1.37. The van der Waals surface area contributed by atoms with Gasteiger partial charge in [-0.25, -0.2) is 9.59 Å². The van der Waals surface area contributed by atoms with Crippen molar-refractivity contribution in [2.24, 2.45) is 35.3 Å². The number of imide groups is 1. The average Bonchev–Trinajstić information content (AvgIpc) is 1.33. The summed E-state index contributed by atoms with van der Waals surface area (Å²) in [5.74, 6) is -4.89. The number of rotatable bonds is 39. The quantitative estimate of drug-likeness (QED) is 0.0284. The second kappa shape index (κ2) is 38.8. The average molecular weight is 1320 g/mol. The summed E-state index contributed by atoms with van der Waals surface area (Å²) in [6.45, 7) is 21.1. The molecule has 11 amide bonds. The molecule has 524 valence electrons. The molecule has 13 atom stereocenters. The smallest absolute Gasteiger partial charge is 0.410 e. The Hall–Kier alpha value is -7.48. The zero-order valence-electron chi connectivity index (χ0n) is 58.1. The number of ether oxygens (including phenoxy) is 3. The lowest BCUT2D eigenvalue weighted by atomic mass is 9.89. The third-order valence-electron chi connectivity index (χ3n) is 18.1. The number of likely N-dealkylation sites (N-methyl/N-ethyl adjacent to an activating group) is 2. The molecule has 0 saturated carbocycles. The van der Waals surface area contributed by atoms with E-state index in [0.717, 1.165) is 19.3 Å². The van der Waals surface area contributed by atoms with Crippen LogP contribution in [0.1, 0.15) is 158 Å². The largest absolute Gasteiger partial charge is 0.445 e. The lowest BCUT2D eigenvalue weighted by Crippen LogP contribution is -2.60. The Bertz CT molecular complexity index is 2820. The number of likely N-dealkylation sites (tertiary alicyclic amines) is 1. The number of anilines is 1. The van der Waals surface area contributed by atoms with Crippen LogP contribution in [0.2, 0.25) is 0 Å².